The lowest BCUT2D eigenvalue weighted by Crippen LogP contribution is -2.21. The Kier molecular flexibility index (Phi) is 5.00. The van der Waals surface area contributed by atoms with Gasteiger partial charge in [0.1, 0.15) is 12.3 Å². The van der Waals surface area contributed by atoms with Gasteiger partial charge in [0.05, 0.1) is 0 Å². The number of carbonyl (C=O) groups is 2. The predicted octanol–water partition coefficient (Wildman–Crippen LogP) is 1.91. The first-order chi connectivity index (χ1) is 10.8. The van der Waals surface area contributed by atoms with Crippen molar-refractivity contribution in [3.63, 3.8) is 0 Å². The van der Waals surface area contributed by atoms with E-state index in [1.165, 1.54) is 16.9 Å². The molecule has 0 saturated carbocycles. The average molecular weight is 317 g/mol. The number of aryl methyl sites for hydroxylation is 3. The molecular weight excluding hydrogens is 298 g/mol. The summed E-state index contributed by atoms with van der Waals surface area (Å²) < 4.78 is 6.82. The van der Waals surface area contributed by atoms with Crippen molar-refractivity contribution in [1.82, 2.24) is 9.78 Å². The van der Waals surface area contributed by atoms with Crippen molar-refractivity contribution in [3.8, 4) is 5.75 Å². The van der Waals surface area contributed by atoms with Crippen LogP contribution in [0.1, 0.15) is 16.7 Å². The minimum Gasteiger partial charge on any atom is -0.483 e. The Hall–Kier alpha value is -2.83. The van der Waals surface area contributed by atoms with Crippen LogP contribution in [0.3, 0.4) is 0 Å². The summed E-state index contributed by atoms with van der Waals surface area (Å²) in [7, 11) is 0. The second kappa shape index (κ2) is 6.95. The quantitative estimate of drug-likeness (QED) is 0.849. The molecule has 0 aliphatic carbocycles. The lowest BCUT2D eigenvalue weighted by Gasteiger charge is -2.12. The molecule has 0 aliphatic rings. The number of rotatable bonds is 6. The molecule has 1 aromatic carbocycles. The van der Waals surface area contributed by atoms with Gasteiger partial charge in [-0.05, 0) is 31.9 Å². The van der Waals surface area contributed by atoms with E-state index in [0.717, 1.165) is 16.7 Å². The number of carboxylic acid groups (broad SMARTS) is 1. The summed E-state index contributed by atoms with van der Waals surface area (Å²) in [5.41, 5.74) is 3.09. The smallest absolute Gasteiger partial charge is 0.325 e. The van der Waals surface area contributed by atoms with E-state index in [1.54, 1.807) is 0 Å². The topological polar surface area (TPSA) is 93.5 Å². The van der Waals surface area contributed by atoms with Gasteiger partial charge in [0, 0.05) is 12.3 Å². The highest BCUT2D eigenvalue weighted by atomic mass is 16.5. The average Bonchev–Trinajstić information content (AvgIpc) is 2.83. The van der Waals surface area contributed by atoms with Crippen molar-refractivity contribution in [2.24, 2.45) is 0 Å². The molecule has 0 aliphatic heterocycles. The first kappa shape index (κ1) is 16.5. The molecule has 7 heteroatoms. The molecule has 1 heterocycles. The van der Waals surface area contributed by atoms with Crippen LogP contribution < -0.4 is 10.1 Å². The van der Waals surface area contributed by atoms with Crippen LogP contribution in [0.25, 0.3) is 0 Å². The normalized spacial score (nSPS) is 10.4. The van der Waals surface area contributed by atoms with Crippen molar-refractivity contribution in [2.75, 3.05) is 11.9 Å². The monoisotopic (exact) mass is 317 g/mol. The SMILES string of the molecule is Cc1cc(C)c(OCC(=O)Nc2ccn(CC(=O)O)n2)c(C)c1. The number of anilines is 1. The van der Waals surface area contributed by atoms with E-state index >= 15 is 0 Å². The number of nitrogens with one attached hydrogen (secondary N) is 1. The third kappa shape index (κ3) is 4.57. The number of nitrogens with zero attached hydrogens (tertiary/aromatic N) is 2. The Labute approximate surface area is 133 Å². The van der Waals surface area contributed by atoms with Crippen LogP contribution in [0.2, 0.25) is 0 Å². The molecule has 0 fully saturated rings. The fourth-order valence-corrected chi connectivity index (χ4v) is 2.37. The largest absolute Gasteiger partial charge is 0.483 e. The summed E-state index contributed by atoms with van der Waals surface area (Å²) >= 11 is 0. The first-order valence-electron chi connectivity index (χ1n) is 7.11. The molecule has 0 radical (unpaired) electrons. The highest BCUT2D eigenvalue weighted by Gasteiger charge is 2.10. The molecule has 1 aromatic heterocycles. The standard InChI is InChI=1S/C16H19N3O4/c1-10-6-11(2)16(12(3)7-10)23-9-14(20)17-13-4-5-19(18-13)8-15(21)22/h4-7H,8-9H2,1-3H3,(H,21,22)(H,17,18,20). The van der Waals surface area contributed by atoms with Crippen LogP contribution in [0, 0.1) is 20.8 Å². The number of aliphatic carboxylic acids is 1. The van der Waals surface area contributed by atoms with Gasteiger partial charge in [-0.25, -0.2) is 0 Å². The van der Waals surface area contributed by atoms with Crippen LogP contribution in [0.15, 0.2) is 24.4 Å². The van der Waals surface area contributed by atoms with Crippen molar-refractivity contribution in [1.29, 1.82) is 0 Å². The maximum absolute atomic E-state index is 11.9. The molecule has 2 N–H and O–H groups in total. The van der Waals surface area contributed by atoms with Crippen molar-refractivity contribution < 1.29 is 19.4 Å². The highest BCUT2D eigenvalue weighted by molar-refractivity contribution is 5.90. The van der Waals surface area contributed by atoms with Gasteiger partial charge in [0.25, 0.3) is 5.91 Å². The summed E-state index contributed by atoms with van der Waals surface area (Å²) in [5, 5.41) is 15.2. The van der Waals surface area contributed by atoms with Gasteiger partial charge in [-0.3, -0.25) is 14.3 Å². The zero-order chi connectivity index (χ0) is 17.0. The number of hydrogen-bond donors (Lipinski definition) is 2. The zero-order valence-corrected chi connectivity index (χ0v) is 13.3. The molecule has 23 heavy (non-hydrogen) atoms. The molecule has 0 atom stereocenters. The maximum Gasteiger partial charge on any atom is 0.325 e. The molecule has 122 valence electrons. The first-order valence-corrected chi connectivity index (χ1v) is 7.11. The molecule has 0 unspecified atom stereocenters. The Morgan fingerprint density at radius 1 is 1.26 bits per heavy atom. The molecule has 0 saturated heterocycles. The number of aromatic nitrogens is 2. The highest BCUT2D eigenvalue weighted by Crippen LogP contribution is 2.24. The Balaban J connectivity index is 1.93. The number of carbonyl (C=O) groups excluding carboxylic acids is 1. The Morgan fingerprint density at radius 3 is 2.52 bits per heavy atom. The van der Waals surface area contributed by atoms with E-state index in [1.807, 2.05) is 32.9 Å². The minimum atomic E-state index is -1.00. The molecule has 2 rings (SSSR count). The van der Waals surface area contributed by atoms with Crippen LogP contribution in [-0.2, 0) is 16.1 Å². The molecule has 1 amide bonds. The maximum atomic E-state index is 11.9. The van der Waals surface area contributed by atoms with E-state index in [4.69, 9.17) is 9.84 Å². The van der Waals surface area contributed by atoms with Gasteiger partial charge < -0.3 is 15.2 Å². The lowest BCUT2D eigenvalue weighted by molar-refractivity contribution is -0.137. The van der Waals surface area contributed by atoms with Crippen molar-refractivity contribution in [2.45, 2.75) is 27.3 Å². The van der Waals surface area contributed by atoms with E-state index in [-0.39, 0.29) is 24.9 Å². The second-order valence-corrected chi connectivity index (χ2v) is 5.36. The van der Waals surface area contributed by atoms with Crippen LogP contribution >= 0.6 is 0 Å². The van der Waals surface area contributed by atoms with Gasteiger partial charge in [0.2, 0.25) is 0 Å². The van der Waals surface area contributed by atoms with Gasteiger partial charge in [-0.1, -0.05) is 17.7 Å². The third-order valence-electron chi connectivity index (χ3n) is 3.16. The van der Waals surface area contributed by atoms with Gasteiger partial charge >= 0.3 is 5.97 Å². The third-order valence-corrected chi connectivity index (χ3v) is 3.16. The number of benzene rings is 1. The van der Waals surface area contributed by atoms with E-state index in [9.17, 15) is 9.59 Å². The summed E-state index contributed by atoms with van der Waals surface area (Å²) in [6, 6.07) is 5.52. The molecule has 7 nitrogen and oxygen atoms in total. The van der Waals surface area contributed by atoms with Gasteiger partial charge in [-0.15, -0.1) is 0 Å². The fourth-order valence-electron chi connectivity index (χ4n) is 2.37. The summed E-state index contributed by atoms with van der Waals surface area (Å²) in [6.07, 6.45) is 1.48. The minimum absolute atomic E-state index is 0.142. The van der Waals surface area contributed by atoms with Gasteiger partial charge in [0.15, 0.2) is 12.4 Å². The predicted molar refractivity (Wildman–Crippen MR) is 84.6 cm³/mol. The van der Waals surface area contributed by atoms with Crippen LogP contribution in [-0.4, -0.2) is 33.4 Å². The van der Waals surface area contributed by atoms with Crippen molar-refractivity contribution >= 4 is 17.7 Å². The summed E-state index contributed by atoms with van der Waals surface area (Å²) in [6.45, 7) is 5.47. The number of ether oxygens (including phenoxy) is 1. The second-order valence-electron chi connectivity index (χ2n) is 5.36. The van der Waals surface area contributed by atoms with Crippen LogP contribution in [0.4, 0.5) is 5.82 Å². The lowest BCUT2D eigenvalue weighted by atomic mass is 10.1. The molecular formula is C16H19N3O4. The van der Waals surface area contributed by atoms with Crippen LogP contribution in [0.5, 0.6) is 5.75 Å². The van der Waals surface area contributed by atoms with E-state index < -0.39 is 5.97 Å². The summed E-state index contributed by atoms with van der Waals surface area (Å²) in [5.74, 6) is -0.371. The van der Waals surface area contributed by atoms with Gasteiger partial charge in [-0.2, -0.15) is 5.10 Å². The Morgan fingerprint density at radius 2 is 1.91 bits per heavy atom. The van der Waals surface area contributed by atoms with E-state index in [0.29, 0.717) is 5.75 Å². The van der Waals surface area contributed by atoms with Crippen molar-refractivity contribution in [3.05, 3.63) is 41.1 Å². The molecule has 2 aromatic rings. The number of amides is 1. The summed E-state index contributed by atoms with van der Waals surface area (Å²) in [4.78, 5) is 22.5. The fraction of sp³-hybridized carbons (Fsp3) is 0.312. The Bertz CT molecular complexity index is 714. The molecule has 0 bridgehead atoms. The number of hydrogen-bond acceptors (Lipinski definition) is 4. The van der Waals surface area contributed by atoms with E-state index in [2.05, 4.69) is 10.4 Å². The molecule has 0 spiro atoms. The zero-order valence-electron chi connectivity index (χ0n) is 13.3. The number of carboxylic acids is 1.